The molecule has 1 aromatic carbocycles. The molecule has 1 saturated heterocycles. The highest BCUT2D eigenvalue weighted by molar-refractivity contribution is 5.78. The molecule has 1 amide bonds. The molecule has 2 heterocycles. The number of carbonyl (C=O) groups is 1. The molecule has 0 radical (unpaired) electrons. The Morgan fingerprint density at radius 2 is 2.07 bits per heavy atom. The van der Waals surface area contributed by atoms with Gasteiger partial charge in [0.1, 0.15) is 12.4 Å². The van der Waals surface area contributed by atoms with E-state index in [1.807, 2.05) is 18.2 Å². The van der Waals surface area contributed by atoms with E-state index >= 15 is 0 Å². The van der Waals surface area contributed by atoms with E-state index in [-0.39, 0.29) is 24.8 Å². The van der Waals surface area contributed by atoms with E-state index in [4.69, 9.17) is 0 Å². The van der Waals surface area contributed by atoms with Crippen LogP contribution in [0.5, 0.6) is 0 Å². The van der Waals surface area contributed by atoms with Gasteiger partial charge in [0.25, 0.3) is 0 Å². The fraction of sp³-hybridized carbons (Fsp3) is 0.500. The Balaban J connectivity index is 1.40. The standard InChI is InChI=1S/C20H26F3N5O/c1-26(13-18-24-8-10-28(18)15-20(21,22)23)14-19(29)25-11-16-7-9-27(12-16)17-5-3-2-4-6-17/h2-6,8,10,16H,7,9,11-15H2,1H3,(H,25,29). The SMILES string of the molecule is CN(CC(=O)NCC1CCN(c2ccccc2)C1)Cc1nccn1CC(F)(F)F. The zero-order valence-electron chi connectivity index (χ0n) is 16.4. The van der Waals surface area contributed by atoms with Crippen molar-refractivity contribution in [2.24, 2.45) is 5.92 Å². The van der Waals surface area contributed by atoms with Crippen LogP contribution in [0.3, 0.4) is 0 Å². The normalized spacial score (nSPS) is 17.1. The molecule has 0 aliphatic carbocycles. The maximum absolute atomic E-state index is 12.6. The summed E-state index contributed by atoms with van der Waals surface area (Å²) in [5.41, 5.74) is 1.19. The summed E-state index contributed by atoms with van der Waals surface area (Å²) in [6, 6.07) is 10.2. The van der Waals surface area contributed by atoms with Crippen molar-refractivity contribution in [2.45, 2.75) is 25.7 Å². The van der Waals surface area contributed by atoms with E-state index in [2.05, 4.69) is 27.3 Å². The number of anilines is 1. The van der Waals surface area contributed by atoms with Gasteiger partial charge in [-0.05, 0) is 31.5 Å². The quantitative estimate of drug-likeness (QED) is 0.728. The molecule has 1 N–H and O–H groups in total. The lowest BCUT2D eigenvalue weighted by Gasteiger charge is -2.20. The lowest BCUT2D eigenvalue weighted by atomic mass is 10.1. The lowest BCUT2D eigenvalue weighted by molar-refractivity contribution is -0.141. The number of nitrogens with one attached hydrogen (secondary N) is 1. The fourth-order valence-corrected chi connectivity index (χ4v) is 3.56. The van der Waals surface area contributed by atoms with Gasteiger partial charge in [-0.2, -0.15) is 13.2 Å². The molecule has 0 spiro atoms. The first-order chi connectivity index (χ1) is 13.8. The molecule has 1 aliphatic rings. The summed E-state index contributed by atoms with van der Waals surface area (Å²) in [7, 11) is 1.69. The highest BCUT2D eigenvalue weighted by Crippen LogP contribution is 2.23. The van der Waals surface area contributed by atoms with Crippen molar-refractivity contribution >= 4 is 11.6 Å². The predicted molar refractivity (Wildman–Crippen MR) is 104 cm³/mol. The third-order valence-electron chi connectivity index (χ3n) is 4.97. The van der Waals surface area contributed by atoms with Gasteiger partial charge in [0.05, 0.1) is 13.1 Å². The van der Waals surface area contributed by atoms with Crippen LogP contribution in [-0.4, -0.2) is 59.8 Å². The van der Waals surface area contributed by atoms with Crippen LogP contribution < -0.4 is 10.2 Å². The summed E-state index contributed by atoms with van der Waals surface area (Å²) >= 11 is 0. The largest absolute Gasteiger partial charge is 0.406 e. The number of alkyl halides is 3. The van der Waals surface area contributed by atoms with E-state index in [0.29, 0.717) is 12.5 Å². The van der Waals surface area contributed by atoms with E-state index in [1.165, 1.54) is 18.1 Å². The van der Waals surface area contributed by atoms with Crippen LogP contribution in [0.1, 0.15) is 12.2 Å². The van der Waals surface area contributed by atoms with Gasteiger partial charge < -0.3 is 14.8 Å². The second-order valence-electron chi connectivity index (χ2n) is 7.50. The summed E-state index contributed by atoms with van der Waals surface area (Å²) in [4.78, 5) is 20.2. The first kappa shape index (κ1) is 21.2. The maximum atomic E-state index is 12.6. The first-order valence-electron chi connectivity index (χ1n) is 9.62. The number of halogens is 3. The molecule has 1 unspecified atom stereocenters. The van der Waals surface area contributed by atoms with Crippen molar-refractivity contribution in [1.29, 1.82) is 0 Å². The molecule has 158 valence electrons. The van der Waals surface area contributed by atoms with Crippen molar-refractivity contribution in [2.75, 3.05) is 38.1 Å². The van der Waals surface area contributed by atoms with Gasteiger partial charge in [0.2, 0.25) is 5.91 Å². The smallest absolute Gasteiger partial charge is 0.371 e. The van der Waals surface area contributed by atoms with Crippen LogP contribution in [-0.2, 0) is 17.9 Å². The Labute approximate surface area is 168 Å². The molecule has 1 aromatic heterocycles. The molecule has 2 aromatic rings. The highest BCUT2D eigenvalue weighted by atomic mass is 19.4. The van der Waals surface area contributed by atoms with Gasteiger partial charge in [-0.25, -0.2) is 4.98 Å². The number of rotatable bonds is 8. The molecule has 1 fully saturated rings. The first-order valence-corrected chi connectivity index (χ1v) is 9.62. The molecule has 3 rings (SSSR count). The summed E-state index contributed by atoms with van der Waals surface area (Å²) in [6.45, 7) is 1.65. The number of nitrogens with zero attached hydrogens (tertiary/aromatic N) is 4. The summed E-state index contributed by atoms with van der Waals surface area (Å²) < 4.78 is 38.9. The number of amides is 1. The maximum Gasteiger partial charge on any atom is 0.406 e. The van der Waals surface area contributed by atoms with Crippen molar-refractivity contribution in [3.8, 4) is 0 Å². The van der Waals surface area contributed by atoms with Crippen LogP contribution in [0, 0.1) is 5.92 Å². The Kier molecular flexibility index (Phi) is 6.79. The summed E-state index contributed by atoms with van der Waals surface area (Å²) in [6.07, 6.45) is -0.650. The topological polar surface area (TPSA) is 53.4 Å². The van der Waals surface area contributed by atoms with E-state index < -0.39 is 12.7 Å². The van der Waals surface area contributed by atoms with Gasteiger partial charge in [-0.15, -0.1) is 0 Å². The van der Waals surface area contributed by atoms with Crippen molar-refractivity contribution in [3.05, 3.63) is 48.5 Å². The summed E-state index contributed by atoms with van der Waals surface area (Å²) in [5, 5.41) is 2.95. The fourth-order valence-electron chi connectivity index (χ4n) is 3.56. The molecule has 0 saturated carbocycles. The highest BCUT2D eigenvalue weighted by Gasteiger charge is 2.29. The average molecular weight is 409 g/mol. The van der Waals surface area contributed by atoms with Gasteiger partial charge in [0.15, 0.2) is 0 Å². The third-order valence-corrected chi connectivity index (χ3v) is 4.97. The predicted octanol–water partition coefficient (Wildman–Crippen LogP) is 2.52. The average Bonchev–Trinajstić information content (AvgIpc) is 3.29. The monoisotopic (exact) mass is 409 g/mol. The van der Waals surface area contributed by atoms with Crippen LogP contribution in [0.4, 0.5) is 18.9 Å². The molecule has 1 atom stereocenters. The molecular weight excluding hydrogens is 383 g/mol. The molecular formula is C20H26F3N5O. The van der Waals surface area contributed by atoms with Crippen LogP contribution in [0.15, 0.2) is 42.7 Å². The zero-order valence-corrected chi connectivity index (χ0v) is 16.4. The van der Waals surface area contributed by atoms with Crippen molar-refractivity contribution in [3.63, 3.8) is 0 Å². The Hall–Kier alpha value is -2.55. The molecule has 9 heteroatoms. The minimum absolute atomic E-state index is 0.105. The van der Waals surface area contributed by atoms with Crippen LogP contribution in [0.25, 0.3) is 0 Å². The number of hydrogen-bond donors (Lipinski definition) is 1. The summed E-state index contributed by atoms with van der Waals surface area (Å²) in [5.74, 6) is 0.529. The van der Waals surface area contributed by atoms with Gasteiger partial charge in [-0.1, -0.05) is 18.2 Å². The van der Waals surface area contributed by atoms with E-state index in [0.717, 1.165) is 24.1 Å². The molecule has 0 bridgehead atoms. The Morgan fingerprint density at radius 3 is 2.79 bits per heavy atom. The Morgan fingerprint density at radius 1 is 1.31 bits per heavy atom. The van der Waals surface area contributed by atoms with E-state index in [1.54, 1.807) is 11.9 Å². The second-order valence-corrected chi connectivity index (χ2v) is 7.50. The van der Waals surface area contributed by atoms with Crippen LogP contribution in [0.2, 0.25) is 0 Å². The van der Waals surface area contributed by atoms with E-state index in [9.17, 15) is 18.0 Å². The number of hydrogen-bond acceptors (Lipinski definition) is 4. The minimum Gasteiger partial charge on any atom is -0.371 e. The zero-order chi connectivity index (χ0) is 20.9. The van der Waals surface area contributed by atoms with Crippen molar-refractivity contribution in [1.82, 2.24) is 19.8 Å². The molecule has 29 heavy (non-hydrogen) atoms. The van der Waals surface area contributed by atoms with Gasteiger partial charge in [-0.3, -0.25) is 9.69 Å². The minimum atomic E-state index is -4.31. The van der Waals surface area contributed by atoms with Crippen molar-refractivity contribution < 1.29 is 18.0 Å². The number of imidazole rings is 1. The molecule has 1 aliphatic heterocycles. The number of aromatic nitrogens is 2. The second kappa shape index (κ2) is 9.30. The lowest BCUT2D eigenvalue weighted by Crippen LogP contribution is -2.38. The third kappa shape index (κ3) is 6.49. The Bertz CT molecular complexity index is 793. The van der Waals surface area contributed by atoms with Gasteiger partial charge >= 0.3 is 6.18 Å². The number of benzene rings is 1. The van der Waals surface area contributed by atoms with Crippen LogP contribution >= 0.6 is 0 Å². The van der Waals surface area contributed by atoms with Gasteiger partial charge in [0, 0.05) is 37.7 Å². The number of carbonyl (C=O) groups excluding carboxylic acids is 1. The number of likely N-dealkylation sites (N-methyl/N-ethyl adjacent to an activating group) is 1. The molecule has 6 nitrogen and oxygen atoms in total. The number of para-hydroxylation sites is 1.